The van der Waals surface area contributed by atoms with Gasteiger partial charge in [-0.1, -0.05) is 11.6 Å². The van der Waals surface area contributed by atoms with Crippen molar-refractivity contribution in [2.24, 2.45) is 0 Å². The molecule has 0 saturated carbocycles. The number of nitrogens with one attached hydrogen (secondary N) is 1. The molecule has 0 amide bonds. The topological polar surface area (TPSA) is 88.3 Å². The highest BCUT2D eigenvalue weighted by molar-refractivity contribution is 6.29. The number of nitrogens with zero attached hydrogens (tertiary/aromatic N) is 2. The molecule has 1 rings (SSSR count). The number of rotatable bonds is 4. The first-order valence-corrected chi connectivity index (χ1v) is 4.60. The summed E-state index contributed by atoms with van der Waals surface area (Å²) in [5.41, 5.74) is -0.167. The van der Waals surface area contributed by atoms with Gasteiger partial charge in [-0.15, -0.1) is 0 Å². The molecule has 0 aromatic carbocycles. The fraction of sp³-hybridized carbons (Fsp3) is 0.375. The van der Waals surface area contributed by atoms with E-state index < -0.39 is 4.92 Å². The van der Waals surface area contributed by atoms with Gasteiger partial charge in [-0.3, -0.25) is 10.1 Å². The lowest BCUT2D eigenvalue weighted by Gasteiger charge is -2.11. The van der Waals surface area contributed by atoms with Crippen LogP contribution in [0.3, 0.4) is 0 Å². The van der Waals surface area contributed by atoms with Crippen LogP contribution >= 0.6 is 11.6 Å². The largest absolute Gasteiger partial charge is 0.394 e. The van der Waals surface area contributed by atoms with E-state index in [1.165, 1.54) is 12.1 Å². The van der Waals surface area contributed by atoms with Gasteiger partial charge in [-0.2, -0.15) is 0 Å². The van der Waals surface area contributed by atoms with Gasteiger partial charge in [0.25, 0.3) is 0 Å². The maximum atomic E-state index is 10.6. The Balaban J connectivity index is 3.02. The van der Waals surface area contributed by atoms with Gasteiger partial charge in [0.2, 0.25) is 5.82 Å². The second-order valence-corrected chi connectivity index (χ2v) is 3.37. The second kappa shape index (κ2) is 4.90. The molecule has 1 aromatic heterocycles. The summed E-state index contributed by atoms with van der Waals surface area (Å²) in [7, 11) is 0. The molecule has 0 spiro atoms. The summed E-state index contributed by atoms with van der Waals surface area (Å²) in [5, 5.41) is 22.3. The summed E-state index contributed by atoms with van der Waals surface area (Å²) >= 11 is 5.61. The number of aliphatic hydroxyl groups is 1. The van der Waals surface area contributed by atoms with E-state index in [1.54, 1.807) is 6.92 Å². The molecular formula is C8H10ClN3O3. The number of aromatic nitrogens is 1. The Morgan fingerprint density at radius 3 is 2.93 bits per heavy atom. The zero-order valence-electron chi connectivity index (χ0n) is 7.98. The Hall–Kier alpha value is -1.40. The third kappa shape index (κ3) is 3.03. The molecule has 0 radical (unpaired) electrons. The number of nitro groups is 1. The molecule has 0 aliphatic rings. The average molecular weight is 232 g/mol. The van der Waals surface area contributed by atoms with Gasteiger partial charge in [0.05, 0.1) is 11.5 Å². The van der Waals surface area contributed by atoms with Gasteiger partial charge in [-0.05, 0) is 13.0 Å². The highest BCUT2D eigenvalue weighted by Crippen LogP contribution is 2.24. The lowest BCUT2D eigenvalue weighted by Crippen LogP contribution is -2.20. The zero-order valence-corrected chi connectivity index (χ0v) is 8.73. The highest BCUT2D eigenvalue weighted by Gasteiger charge is 2.16. The molecule has 1 heterocycles. The number of hydrogen-bond acceptors (Lipinski definition) is 5. The molecule has 0 aliphatic heterocycles. The fourth-order valence-corrected chi connectivity index (χ4v) is 1.11. The molecule has 82 valence electrons. The lowest BCUT2D eigenvalue weighted by molar-refractivity contribution is -0.384. The summed E-state index contributed by atoms with van der Waals surface area (Å²) in [5.74, 6) is 0.0639. The Morgan fingerprint density at radius 2 is 2.40 bits per heavy atom. The smallest absolute Gasteiger partial charge is 0.311 e. The first-order chi connectivity index (χ1) is 7.04. The zero-order chi connectivity index (χ0) is 11.4. The van der Waals surface area contributed by atoms with Crippen molar-refractivity contribution in [1.29, 1.82) is 0 Å². The maximum absolute atomic E-state index is 10.6. The molecule has 15 heavy (non-hydrogen) atoms. The summed E-state index contributed by atoms with van der Waals surface area (Å²) in [6, 6.07) is 2.28. The molecule has 0 fully saturated rings. The van der Waals surface area contributed by atoms with Crippen LogP contribution < -0.4 is 5.32 Å². The quantitative estimate of drug-likeness (QED) is 0.465. The van der Waals surface area contributed by atoms with Crippen molar-refractivity contribution in [3.05, 3.63) is 27.4 Å². The molecule has 1 atom stereocenters. The van der Waals surface area contributed by atoms with Crippen LogP contribution in [-0.4, -0.2) is 27.7 Å². The Bertz CT molecular complexity index is 372. The molecular weight excluding hydrogens is 222 g/mol. The van der Waals surface area contributed by atoms with Crippen LogP contribution in [0.25, 0.3) is 0 Å². The Labute approximate surface area is 91.0 Å². The average Bonchev–Trinajstić information content (AvgIpc) is 2.17. The van der Waals surface area contributed by atoms with Crippen molar-refractivity contribution in [2.75, 3.05) is 11.9 Å². The minimum Gasteiger partial charge on any atom is -0.394 e. The number of hydrogen-bond donors (Lipinski definition) is 2. The van der Waals surface area contributed by atoms with Crippen LogP contribution in [0.15, 0.2) is 12.1 Å². The third-order valence-corrected chi connectivity index (χ3v) is 1.90. The maximum Gasteiger partial charge on any atom is 0.311 e. The lowest BCUT2D eigenvalue weighted by atomic mass is 10.3. The van der Waals surface area contributed by atoms with Gasteiger partial charge in [0, 0.05) is 12.1 Å². The predicted molar refractivity (Wildman–Crippen MR) is 56.1 cm³/mol. The van der Waals surface area contributed by atoms with E-state index in [0.29, 0.717) is 0 Å². The van der Waals surface area contributed by atoms with Crippen molar-refractivity contribution in [3.8, 4) is 0 Å². The minimum atomic E-state index is -0.560. The molecule has 0 aliphatic carbocycles. The van der Waals surface area contributed by atoms with Crippen molar-refractivity contribution in [3.63, 3.8) is 0 Å². The van der Waals surface area contributed by atoms with Gasteiger partial charge < -0.3 is 10.4 Å². The van der Waals surface area contributed by atoms with Crippen LogP contribution in [0.2, 0.25) is 5.15 Å². The fourth-order valence-electron chi connectivity index (χ4n) is 0.961. The molecule has 0 bridgehead atoms. The Morgan fingerprint density at radius 1 is 1.73 bits per heavy atom. The summed E-state index contributed by atoms with van der Waals surface area (Å²) in [4.78, 5) is 13.8. The van der Waals surface area contributed by atoms with Crippen LogP contribution in [0.1, 0.15) is 6.92 Å². The normalized spacial score (nSPS) is 12.2. The van der Waals surface area contributed by atoms with Crippen LogP contribution in [0.5, 0.6) is 0 Å². The van der Waals surface area contributed by atoms with Gasteiger partial charge in [0.15, 0.2) is 0 Å². The molecule has 2 N–H and O–H groups in total. The minimum absolute atomic E-state index is 0.0639. The molecule has 6 nitrogen and oxygen atoms in total. The van der Waals surface area contributed by atoms with Gasteiger partial charge >= 0.3 is 5.69 Å². The van der Waals surface area contributed by atoms with Crippen LogP contribution in [-0.2, 0) is 0 Å². The van der Waals surface area contributed by atoms with Crippen LogP contribution in [0.4, 0.5) is 11.5 Å². The Kier molecular flexibility index (Phi) is 3.81. The van der Waals surface area contributed by atoms with E-state index in [2.05, 4.69) is 10.3 Å². The molecule has 0 saturated heterocycles. The predicted octanol–water partition coefficient (Wildman–Crippen LogP) is 1.44. The standard InChI is InChI=1S/C8H10ClN3O3/c1-5(4-13)10-8-6(12(14)15)2-3-7(9)11-8/h2-3,5,13H,4H2,1H3,(H,10,11). The number of pyridine rings is 1. The first-order valence-electron chi connectivity index (χ1n) is 4.23. The van der Waals surface area contributed by atoms with E-state index in [0.717, 1.165) is 0 Å². The van der Waals surface area contributed by atoms with E-state index in [9.17, 15) is 10.1 Å². The first kappa shape index (κ1) is 11.7. The number of halogens is 1. The van der Waals surface area contributed by atoms with E-state index in [-0.39, 0.29) is 29.3 Å². The van der Waals surface area contributed by atoms with Crippen molar-refractivity contribution in [1.82, 2.24) is 4.98 Å². The second-order valence-electron chi connectivity index (χ2n) is 2.99. The van der Waals surface area contributed by atoms with Gasteiger partial charge in [0.1, 0.15) is 5.15 Å². The monoisotopic (exact) mass is 231 g/mol. The SMILES string of the molecule is CC(CO)Nc1nc(Cl)ccc1[N+](=O)[O-]. The van der Waals surface area contributed by atoms with Crippen LogP contribution in [0, 0.1) is 10.1 Å². The molecule has 7 heteroatoms. The number of anilines is 1. The number of aliphatic hydroxyl groups excluding tert-OH is 1. The van der Waals surface area contributed by atoms with Crippen molar-refractivity contribution >= 4 is 23.1 Å². The van der Waals surface area contributed by atoms with Gasteiger partial charge in [-0.25, -0.2) is 4.98 Å². The van der Waals surface area contributed by atoms with E-state index >= 15 is 0 Å². The van der Waals surface area contributed by atoms with E-state index in [4.69, 9.17) is 16.7 Å². The van der Waals surface area contributed by atoms with Crippen molar-refractivity contribution < 1.29 is 10.0 Å². The summed E-state index contributed by atoms with van der Waals surface area (Å²) in [6.07, 6.45) is 0. The molecule has 1 aromatic rings. The molecule has 1 unspecified atom stereocenters. The van der Waals surface area contributed by atoms with E-state index in [1.807, 2.05) is 0 Å². The third-order valence-electron chi connectivity index (χ3n) is 1.69. The summed E-state index contributed by atoms with van der Waals surface area (Å²) in [6.45, 7) is 1.53. The highest BCUT2D eigenvalue weighted by atomic mass is 35.5. The van der Waals surface area contributed by atoms with Crippen molar-refractivity contribution in [2.45, 2.75) is 13.0 Å². The summed E-state index contributed by atoms with van der Waals surface area (Å²) < 4.78 is 0.